The number of carbonyl (C=O) groups is 4. The lowest BCUT2D eigenvalue weighted by atomic mass is 9.98. The number of hydrogen-bond donors (Lipinski definition) is 10. The van der Waals surface area contributed by atoms with Gasteiger partial charge in [0.25, 0.3) is 0 Å². The van der Waals surface area contributed by atoms with Crippen LogP contribution in [0.15, 0.2) is 116 Å². The predicted molar refractivity (Wildman–Crippen MR) is 361 cm³/mol. The number of esters is 2. The zero-order valence-electron chi connectivity index (χ0n) is 56.9. The van der Waals surface area contributed by atoms with Crippen LogP contribution in [0.2, 0.25) is 0 Å². The van der Waals surface area contributed by atoms with E-state index in [4.69, 9.17) is 61.0 Å². The van der Waals surface area contributed by atoms with Crippen LogP contribution in [0.3, 0.4) is 0 Å². The minimum atomic E-state index is -1.67. The number of allylic oxidation sites excluding steroid dienone is 2. The molecule has 0 aromatic rings. The van der Waals surface area contributed by atoms with Gasteiger partial charge in [-0.3, -0.25) is 9.59 Å². The highest BCUT2D eigenvalue weighted by atomic mass is 16.8. The lowest BCUT2D eigenvalue weighted by Gasteiger charge is -2.46. The molecule has 524 valence electrons. The molecule has 22 heteroatoms. The van der Waals surface area contributed by atoms with Crippen LogP contribution in [0.5, 0.6) is 0 Å². The van der Waals surface area contributed by atoms with Crippen molar-refractivity contribution in [3.05, 3.63) is 116 Å². The molecule has 3 saturated heterocycles. The van der Waals surface area contributed by atoms with Crippen molar-refractivity contribution < 1.29 is 108 Å². The number of aliphatic carboxylic acids is 2. The Balaban J connectivity index is 0.00000135. The van der Waals surface area contributed by atoms with E-state index in [0.29, 0.717) is 18.4 Å². The fourth-order valence-electron chi connectivity index (χ4n) is 7.45. The second kappa shape index (κ2) is 53.9. The van der Waals surface area contributed by atoms with Gasteiger partial charge in [-0.05, 0) is 260 Å². The SMILES string of the molecule is C#CC#CC#CC#CC#CC(=C=C=C=C=C=C=C=C=C)CC.C#CC#CC#CC#CC#CC(C)=C=C=C=C=C=C=C=C=C.CCC(CC(=O)OC(CC)C(=O)O)O[C@@H]1OC(C)[C@H](O)[C@H](O)C1O.CCC(CC(=O)OC(CC)C(=O)O)O[C@@H]1OC(C)[C@H](O)[C@H](O)C1O[C@@H]1OC(C)[C@H](O)[C@H](O)C1O. The monoisotopic (exact) mass is 1380 g/mol. The first kappa shape index (κ1) is 89.9. The molecule has 10 unspecified atom stereocenters. The van der Waals surface area contributed by atoms with Crippen LogP contribution in [0.4, 0.5) is 0 Å². The van der Waals surface area contributed by atoms with Gasteiger partial charge < -0.3 is 89.0 Å². The highest BCUT2D eigenvalue weighted by Crippen LogP contribution is 2.31. The molecule has 0 aromatic carbocycles. The smallest absolute Gasteiger partial charge is 0.345 e. The Bertz CT molecular complexity index is 4190. The number of terminal acetylenes is 2. The Morgan fingerprint density at radius 1 is 0.426 bits per heavy atom. The summed E-state index contributed by atoms with van der Waals surface area (Å²) in [6, 6.07) is 0. The highest BCUT2D eigenvalue weighted by Gasteiger charge is 2.50. The van der Waals surface area contributed by atoms with Crippen LogP contribution in [-0.4, -0.2) is 191 Å². The molecule has 0 bridgehead atoms. The third-order valence-corrected chi connectivity index (χ3v) is 12.9. The second-order valence-corrected chi connectivity index (χ2v) is 20.2. The number of carboxylic acids is 2. The molecule has 0 saturated carbocycles. The summed E-state index contributed by atoms with van der Waals surface area (Å²) in [5.74, 6) is 40.7. The summed E-state index contributed by atoms with van der Waals surface area (Å²) in [5.41, 5.74) is 42.2. The number of carboxylic acid groups (broad SMARTS) is 2. The van der Waals surface area contributed by atoms with Gasteiger partial charge >= 0.3 is 23.9 Å². The van der Waals surface area contributed by atoms with Gasteiger partial charge in [0, 0.05) is 0 Å². The van der Waals surface area contributed by atoms with E-state index in [1.54, 1.807) is 34.6 Å². The number of aliphatic hydroxyl groups excluding tert-OH is 8. The number of carbonyl (C=O) groups excluding carboxylic acids is 2. The second-order valence-electron chi connectivity index (χ2n) is 20.2. The zero-order chi connectivity index (χ0) is 76.1. The van der Waals surface area contributed by atoms with Crippen LogP contribution in [0.25, 0.3) is 0 Å². The molecular weight excluding hydrogens is 1300 g/mol. The summed E-state index contributed by atoms with van der Waals surface area (Å²) in [5, 5.41) is 98.2. The highest BCUT2D eigenvalue weighted by molar-refractivity contribution is 5.78. The third kappa shape index (κ3) is 38.0. The van der Waals surface area contributed by atoms with E-state index in [2.05, 4.69) is 211 Å². The van der Waals surface area contributed by atoms with Crippen LogP contribution in [-0.2, 0) is 57.1 Å². The summed E-state index contributed by atoms with van der Waals surface area (Å²) in [6.07, 6.45) is -12.8. The summed E-state index contributed by atoms with van der Waals surface area (Å²) < 4.78 is 43.1. The van der Waals surface area contributed by atoms with Gasteiger partial charge in [-0.1, -0.05) is 46.1 Å². The molecule has 0 aromatic heterocycles. The Kier molecular flexibility index (Phi) is 47.9. The molecule has 19 atom stereocenters. The van der Waals surface area contributed by atoms with E-state index < -0.39 is 140 Å². The lowest BCUT2D eigenvalue weighted by molar-refractivity contribution is -0.366. The van der Waals surface area contributed by atoms with Crippen molar-refractivity contribution in [1.29, 1.82) is 0 Å². The molecule has 0 amide bonds. The van der Waals surface area contributed by atoms with Crippen LogP contribution in [0, 0.1) is 119 Å². The molecule has 3 fully saturated rings. The van der Waals surface area contributed by atoms with Crippen molar-refractivity contribution in [3.8, 4) is 119 Å². The molecule has 0 radical (unpaired) electrons. The minimum absolute atomic E-state index is 0.0880. The summed E-state index contributed by atoms with van der Waals surface area (Å²) in [7, 11) is 0. The first-order chi connectivity index (χ1) is 48.3. The Morgan fingerprint density at radius 3 is 1.17 bits per heavy atom. The van der Waals surface area contributed by atoms with Crippen LogP contribution in [0.1, 0.15) is 107 Å². The van der Waals surface area contributed by atoms with Gasteiger partial charge in [0.15, 0.2) is 31.1 Å². The van der Waals surface area contributed by atoms with Gasteiger partial charge in [-0.15, -0.1) is 12.8 Å². The average Bonchev–Trinajstić information content (AvgIpc) is 0.802. The summed E-state index contributed by atoms with van der Waals surface area (Å²) in [6.45, 7) is 21.4. The Labute approximate surface area is 588 Å². The van der Waals surface area contributed by atoms with E-state index in [1.165, 1.54) is 20.8 Å². The largest absolute Gasteiger partial charge is 0.479 e. The third-order valence-electron chi connectivity index (χ3n) is 12.9. The van der Waals surface area contributed by atoms with Crippen molar-refractivity contribution in [2.24, 2.45) is 0 Å². The molecule has 3 aliphatic heterocycles. The summed E-state index contributed by atoms with van der Waals surface area (Å²) >= 11 is 0. The van der Waals surface area contributed by atoms with Crippen molar-refractivity contribution in [1.82, 2.24) is 0 Å². The molecule has 0 spiro atoms. The van der Waals surface area contributed by atoms with E-state index >= 15 is 0 Å². The number of rotatable bonds is 19. The minimum Gasteiger partial charge on any atom is -0.479 e. The van der Waals surface area contributed by atoms with E-state index in [-0.39, 0.29) is 32.1 Å². The standard InChI is InChI=1S/C22H8.C21H36O13.C21H6.C15H26O9/c1-4-7-9-11-13-15-17-19-21-22(6-3)20-18-16-14-12-10-8-5-2;1-5-10(7-12(22)33-11(6-2)19(28)29)32-21-18(16(26)14(24)9(4)31-21)34-20-17(27)15(25)13(23)8(3)30-20;1-4-6-8-10-12-14-16-18-20-21(3)19-17-15-13-11-9-7-5-2;1-4-8(6-10(16)24-9(5-2)14(20)21)23-15-13(19)12(18)11(17)7(3)22-15/h1H,2,6H2,3H3;8-11,13-18,20-21,23-27H,5-7H2,1-4H3,(H,28,29);1H,2H2,3H3;7-9,11-13,15,17-19H,4-6H2,1-3H3,(H,20,21)/t;8?,9?,10?,11?,13-,14-,15-,16-,17?,18?,20-,21-;;7?,8?,9?,11-,12-,13?,15-/m.0.0/s1. The first-order valence-corrected chi connectivity index (χ1v) is 30.7. The number of aliphatic hydroxyl groups is 8. The lowest BCUT2D eigenvalue weighted by Crippen LogP contribution is -2.63. The Hall–Kier alpha value is -11.1. The maximum atomic E-state index is 12.2. The van der Waals surface area contributed by atoms with Crippen molar-refractivity contribution in [2.45, 2.75) is 224 Å². The Morgan fingerprint density at radius 2 is 0.772 bits per heavy atom. The van der Waals surface area contributed by atoms with E-state index in [9.17, 15) is 60.0 Å². The first-order valence-electron chi connectivity index (χ1n) is 30.7. The molecule has 3 rings (SSSR count). The number of ether oxygens (including phenoxy) is 8. The van der Waals surface area contributed by atoms with Gasteiger partial charge in [0.1, 0.15) is 54.9 Å². The summed E-state index contributed by atoms with van der Waals surface area (Å²) in [4.78, 5) is 46.0. The topological polar surface area (TPSA) is 344 Å². The average molecular weight is 1380 g/mol. The molecule has 22 nitrogen and oxygen atoms in total. The number of hydrogen-bond acceptors (Lipinski definition) is 20. The molecule has 10 N–H and O–H groups in total. The quantitative estimate of drug-likeness (QED) is 0.0505. The van der Waals surface area contributed by atoms with Gasteiger partial charge in [-0.2, -0.15) is 0 Å². The predicted octanol–water partition coefficient (Wildman–Crippen LogP) is 2.95. The van der Waals surface area contributed by atoms with Crippen molar-refractivity contribution >= 4 is 23.9 Å². The van der Waals surface area contributed by atoms with Crippen LogP contribution >= 0.6 is 0 Å². The fraction of sp³-hybridized carbons (Fsp3) is 0.443. The van der Waals surface area contributed by atoms with E-state index in [1.807, 2.05) is 6.92 Å². The molecule has 101 heavy (non-hydrogen) atoms. The van der Waals surface area contributed by atoms with Crippen LogP contribution < -0.4 is 0 Å². The zero-order valence-corrected chi connectivity index (χ0v) is 56.9. The maximum absolute atomic E-state index is 12.2. The van der Waals surface area contributed by atoms with E-state index in [0.717, 1.165) is 5.57 Å². The molecule has 0 aliphatic carbocycles. The fourth-order valence-corrected chi connectivity index (χ4v) is 7.45. The molecule has 3 heterocycles. The van der Waals surface area contributed by atoms with Gasteiger partial charge in [-0.25, -0.2) is 9.59 Å². The maximum Gasteiger partial charge on any atom is 0.345 e. The van der Waals surface area contributed by atoms with Crippen molar-refractivity contribution in [3.63, 3.8) is 0 Å². The molecular formula is C79H76O22. The normalized spacial score (nSPS) is 23.3. The van der Waals surface area contributed by atoms with Gasteiger partial charge in [0.05, 0.1) is 54.5 Å². The van der Waals surface area contributed by atoms with Crippen molar-refractivity contribution in [2.75, 3.05) is 0 Å². The van der Waals surface area contributed by atoms with Gasteiger partial charge in [0.2, 0.25) is 0 Å². The molecule has 3 aliphatic rings.